The Morgan fingerprint density at radius 1 is 1.08 bits per heavy atom. The third-order valence-corrected chi connectivity index (χ3v) is 3.57. The highest BCUT2D eigenvalue weighted by molar-refractivity contribution is 9.13. The summed E-state index contributed by atoms with van der Waals surface area (Å²) >= 11 is 6.77. The zero-order valence-corrected chi connectivity index (χ0v) is 9.79. The Morgan fingerprint density at radius 3 is 2.31 bits per heavy atom. The quantitative estimate of drug-likeness (QED) is 0.789. The van der Waals surface area contributed by atoms with Crippen molar-refractivity contribution in [1.82, 2.24) is 9.55 Å². The number of rotatable bonds is 1. The molecular formula is C9H6Br2N2. The predicted molar refractivity (Wildman–Crippen MR) is 59.0 cm³/mol. The van der Waals surface area contributed by atoms with Gasteiger partial charge in [0.25, 0.3) is 0 Å². The molecule has 0 unspecified atom stereocenters. The van der Waals surface area contributed by atoms with Crippen LogP contribution in [0.2, 0.25) is 0 Å². The first-order valence-corrected chi connectivity index (χ1v) is 5.31. The standard InChI is InChI=1S/C9H6Br2N2/c10-8-9(11)13(6-12-8)7-4-2-1-3-5-7/h1-6H. The van der Waals surface area contributed by atoms with Crippen LogP contribution < -0.4 is 0 Å². The van der Waals surface area contributed by atoms with Crippen LogP contribution in [0.5, 0.6) is 0 Å². The molecule has 66 valence electrons. The Bertz CT molecular complexity index is 409. The van der Waals surface area contributed by atoms with E-state index in [2.05, 4.69) is 36.8 Å². The minimum atomic E-state index is 0.816. The van der Waals surface area contributed by atoms with E-state index < -0.39 is 0 Å². The molecule has 0 aliphatic carbocycles. The third kappa shape index (κ3) is 1.69. The molecule has 0 aliphatic heterocycles. The second kappa shape index (κ2) is 3.64. The zero-order valence-electron chi connectivity index (χ0n) is 6.61. The molecule has 1 aromatic carbocycles. The van der Waals surface area contributed by atoms with E-state index in [1.165, 1.54) is 0 Å². The number of para-hydroxylation sites is 1. The number of nitrogens with zero attached hydrogens (tertiary/aromatic N) is 2. The Balaban J connectivity index is 2.53. The SMILES string of the molecule is Brc1ncn(-c2ccccc2)c1Br. The van der Waals surface area contributed by atoms with Crippen LogP contribution in [0.4, 0.5) is 0 Å². The second-order valence-electron chi connectivity index (χ2n) is 2.53. The second-order valence-corrected chi connectivity index (χ2v) is 4.03. The molecule has 1 heterocycles. The fraction of sp³-hybridized carbons (Fsp3) is 0. The van der Waals surface area contributed by atoms with Crippen LogP contribution in [0.3, 0.4) is 0 Å². The number of hydrogen-bond acceptors (Lipinski definition) is 1. The van der Waals surface area contributed by atoms with E-state index in [1.807, 2.05) is 34.9 Å². The van der Waals surface area contributed by atoms with Gasteiger partial charge in [-0.1, -0.05) is 18.2 Å². The van der Waals surface area contributed by atoms with Gasteiger partial charge < -0.3 is 0 Å². The van der Waals surface area contributed by atoms with Crippen molar-refractivity contribution in [2.45, 2.75) is 0 Å². The van der Waals surface area contributed by atoms with E-state index in [9.17, 15) is 0 Å². The maximum atomic E-state index is 4.13. The molecule has 0 atom stereocenters. The Kier molecular flexibility index (Phi) is 2.51. The maximum absolute atomic E-state index is 4.13. The van der Waals surface area contributed by atoms with Crippen molar-refractivity contribution >= 4 is 31.9 Å². The molecule has 0 radical (unpaired) electrons. The summed E-state index contributed by atoms with van der Waals surface area (Å²) in [6.07, 6.45) is 1.77. The van der Waals surface area contributed by atoms with Crippen molar-refractivity contribution in [3.05, 3.63) is 45.9 Å². The van der Waals surface area contributed by atoms with Gasteiger partial charge in [-0.25, -0.2) is 4.98 Å². The van der Waals surface area contributed by atoms with Gasteiger partial charge in [0.15, 0.2) is 0 Å². The number of benzene rings is 1. The average Bonchev–Trinajstić information content (AvgIpc) is 2.49. The van der Waals surface area contributed by atoms with Crippen LogP contribution in [0.15, 0.2) is 45.9 Å². The van der Waals surface area contributed by atoms with Gasteiger partial charge in [0.1, 0.15) is 15.5 Å². The summed E-state index contributed by atoms with van der Waals surface area (Å²) in [4.78, 5) is 4.13. The number of hydrogen-bond donors (Lipinski definition) is 0. The first-order valence-electron chi connectivity index (χ1n) is 3.73. The lowest BCUT2D eigenvalue weighted by Crippen LogP contribution is -1.90. The van der Waals surface area contributed by atoms with Crippen molar-refractivity contribution < 1.29 is 0 Å². The third-order valence-electron chi connectivity index (χ3n) is 1.70. The fourth-order valence-electron chi connectivity index (χ4n) is 1.08. The lowest BCUT2D eigenvalue weighted by molar-refractivity contribution is 1.03. The molecule has 0 saturated carbocycles. The van der Waals surface area contributed by atoms with Crippen LogP contribution in [0.1, 0.15) is 0 Å². The lowest BCUT2D eigenvalue weighted by atomic mass is 10.3. The molecule has 2 nitrogen and oxygen atoms in total. The Labute approximate surface area is 92.9 Å². The van der Waals surface area contributed by atoms with Gasteiger partial charge in [0.05, 0.1) is 0 Å². The molecule has 13 heavy (non-hydrogen) atoms. The van der Waals surface area contributed by atoms with Crippen LogP contribution in [0, 0.1) is 0 Å². The molecule has 0 spiro atoms. The van der Waals surface area contributed by atoms with E-state index in [0.717, 1.165) is 14.9 Å². The largest absolute Gasteiger partial charge is 0.292 e. The first kappa shape index (κ1) is 8.97. The number of aromatic nitrogens is 2. The van der Waals surface area contributed by atoms with Crippen LogP contribution in [0.25, 0.3) is 5.69 Å². The summed E-state index contributed by atoms with van der Waals surface area (Å²) in [5.74, 6) is 0. The molecule has 2 aromatic rings. The molecule has 0 fully saturated rings. The highest BCUT2D eigenvalue weighted by Crippen LogP contribution is 2.24. The predicted octanol–water partition coefficient (Wildman–Crippen LogP) is 3.40. The summed E-state index contributed by atoms with van der Waals surface area (Å²) in [6, 6.07) is 10.0. The molecular weight excluding hydrogens is 296 g/mol. The van der Waals surface area contributed by atoms with Crippen molar-refractivity contribution in [1.29, 1.82) is 0 Å². The molecule has 0 amide bonds. The van der Waals surface area contributed by atoms with Crippen molar-refractivity contribution in [2.24, 2.45) is 0 Å². The summed E-state index contributed by atoms with van der Waals surface area (Å²) in [6.45, 7) is 0. The molecule has 0 aliphatic rings. The topological polar surface area (TPSA) is 17.8 Å². The van der Waals surface area contributed by atoms with Gasteiger partial charge >= 0.3 is 0 Å². The van der Waals surface area contributed by atoms with Crippen LogP contribution in [-0.4, -0.2) is 9.55 Å². The van der Waals surface area contributed by atoms with Crippen LogP contribution in [-0.2, 0) is 0 Å². The highest BCUT2D eigenvalue weighted by atomic mass is 79.9. The highest BCUT2D eigenvalue weighted by Gasteiger charge is 2.05. The zero-order chi connectivity index (χ0) is 9.26. The van der Waals surface area contributed by atoms with Gasteiger partial charge in [-0.05, 0) is 44.0 Å². The summed E-state index contributed by atoms with van der Waals surface area (Å²) in [5, 5.41) is 0. The minimum Gasteiger partial charge on any atom is -0.292 e. The van der Waals surface area contributed by atoms with Gasteiger partial charge in [0, 0.05) is 5.69 Å². The van der Waals surface area contributed by atoms with Crippen LogP contribution >= 0.6 is 31.9 Å². The smallest absolute Gasteiger partial charge is 0.139 e. The number of halogens is 2. The van der Waals surface area contributed by atoms with E-state index in [0.29, 0.717) is 0 Å². The molecule has 0 bridgehead atoms. The first-order chi connectivity index (χ1) is 6.29. The molecule has 2 rings (SSSR count). The fourth-order valence-corrected chi connectivity index (χ4v) is 1.76. The molecule has 0 N–H and O–H groups in total. The Hall–Kier alpha value is -0.610. The summed E-state index contributed by atoms with van der Waals surface area (Å²) < 4.78 is 3.71. The molecule has 0 saturated heterocycles. The average molecular weight is 302 g/mol. The van der Waals surface area contributed by atoms with E-state index in [-0.39, 0.29) is 0 Å². The van der Waals surface area contributed by atoms with Gasteiger partial charge in [-0.15, -0.1) is 0 Å². The molecule has 4 heteroatoms. The van der Waals surface area contributed by atoms with Gasteiger partial charge in [-0.3, -0.25) is 4.57 Å². The minimum absolute atomic E-state index is 0.816. The summed E-state index contributed by atoms with van der Waals surface area (Å²) in [5.41, 5.74) is 1.09. The Morgan fingerprint density at radius 2 is 1.77 bits per heavy atom. The normalized spacial score (nSPS) is 10.3. The van der Waals surface area contributed by atoms with Gasteiger partial charge in [-0.2, -0.15) is 0 Å². The monoisotopic (exact) mass is 300 g/mol. The van der Waals surface area contributed by atoms with Crippen molar-refractivity contribution in [3.63, 3.8) is 0 Å². The number of imidazole rings is 1. The van der Waals surface area contributed by atoms with Crippen molar-refractivity contribution in [2.75, 3.05) is 0 Å². The lowest BCUT2D eigenvalue weighted by Gasteiger charge is -2.02. The van der Waals surface area contributed by atoms with E-state index in [4.69, 9.17) is 0 Å². The van der Waals surface area contributed by atoms with Gasteiger partial charge in [0.2, 0.25) is 0 Å². The van der Waals surface area contributed by atoms with E-state index >= 15 is 0 Å². The molecule has 1 aromatic heterocycles. The van der Waals surface area contributed by atoms with Crippen molar-refractivity contribution in [3.8, 4) is 5.69 Å². The maximum Gasteiger partial charge on any atom is 0.139 e. The summed E-state index contributed by atoms with van der Waals surface area (Å²) in [7, 11) is 0. The van der Waals surface area contributed by atoms with E-state index in [1.54, 1.807) is 6.33 Å².